The summed E-state index contributed by atoms with van der Waals surface area (Å²) in [5.41, 5.74) is -0.477. The van der Waals surface area contributed by atoms with Crippen molar-refractivity contribution in [1.82, 2.24) is 14.8 Å². The van der Waals surface area contributed by atoms with Gasteiger partial charge in [0.05, 0.1) is 14.2 Å². The van der Waals surface area contributed by atoms with Crippen molar-refractivity contribution in [3.05, 3.63) is 92.1 Å². The largest absolute Gasteiger partial charge is 0.507 e. The maximum atomic E-state index is 14.4. The molecule has 12 nitrogen and oxygen atoms in total. The molecule has 3 aromatic rings. The van der Waals surface area contributed by atoms with Crippen LogP contribution in [0.2, 0.25) is 5.02 Å². The highest BCUT2D eigenvalue weighted by Crippen LogP contribution is 2.56. The van der Waals surface area contributed by atoms with Gasteiger partial charge >= 0.3 is 0 Å². The molecule has 3 aliphatic heterocycles. The van der Waals surface area contributed by atoms with Crippen molar-refractivity contribution in [3.63, 3.8) is 0 Å². The molecule has 4 aliphatic rings. The summed E-state index contributed by atoms with van der Waals surface area (Å²) in [6.07, 6.45) is 3.17. The van der Waals surface area contributed by atoms with Crippen LogP contribution in [0.15, 0.2) is 69.6 Å². The minimum absolute atomic E-state index is 0.00122. The van der Waals surface area contributed by atoms with Gasteiger partial charge in [-0.25, -0.2) is 0 Å². The zero-order chi connectivity index (χ0) is 39.2. The molecule has 2 amide bonds. The number of thioether (sulfide) groups is 1. The molecule has 7 rings (SSSR count). The highest BCUT2D eigenvalue weighted by atomic mass is 35.5. The molecule has 1 fully saturated rings. The molecule has 1 aliphatic carbocycles. The molecule has 4 heterocycles. The maximum Gasteiger partial charge on any atom is 0.250 e. The fraction of sp³-hybridized carbons (Fsp3) is 0.439. The minimum atomic E-state index is -1.99. The number of piperidine rings is 1. The molecule has 14 heteroatoms. The van der Waals surface area contributed by atoms with Crippen molar-refractivity contribution in [2.45, 2.75) is 67.9 Å². The molecule has 290 valence electrons. The number of hydrogen-bond donors (Lipinski definition) is 2. The van der Waals surface area contributed by atoms with E-state index in [2.05, 4.69) is 5.32 Å². The molecular formula is C41H44ClN3O9S. The van der Waals surface area contributed by atoms with E-state index >= 15 is 0 Å². The minimum Gasteiger partial charge on any atom is -0.507 e. The Labute approximate surface area is 328 Å². The van der Waals surface area contributed by atoms with Crippen molar-refractivity contribution in [1.29, 1.82) is 0 Å². The number of ether oxygens (including phenoxy) is 3. The van der Waals surface area contributed by atoms with E-state index in [-0.39, 0.29) is 82.5 Å². The number of pyridine rings is 1. The first-order valence-electron chi connectivity index (χ1n) is 18.4. The second-order valence-electron chi connectivity index (χ2n) is 14.7. The molecule has 2 aromatic carbocycles. The first-order valence-corrected chi connectivity index (χ1v) is 20.0. The molecule has 5 atom stereocenters. The number of aliphatic hydroxyl groups is 1. The summed E-state index contributed by atoms with van der Waals surface area (Å²) in [4.78, 5) is 70.5. The van der Waals surface area contributed by atoms with Crippen LogP contribution in [0.4, 0.5) is 0 Å². The third-order valence-corrected chi connectivity index (χ3v) is 12.6. The van der Waals surface area contributed by atoms with Gasteiger partial charge in [-0.15, -0.1) is 11.8 Å². The van der Waals surface area contributed by atoms with Gasteiger partial charge in [0.15, 0.2) is 17.3 Å². The van der Waals surface area contributed by atoms with E-state index in [0.717, 1.165) is 17.0 Å². The Kier molecular flexibility index (Phi) is 10.8. The zero-order valence-corrected chi connectivity index (χ0v) is 32.8. The summed E-state index contributed by atoms with van der Waals surface area (Å²) < 4.78 is 19.1. The van der Waals surface area contributed by atoms with Crippen LogP contribution in [0.3, 0.4) is 0 Å². The fourth-order valence-electron chi connectivity index (χ4n) is 8.74. The number of nitrogens with one attached hydrogen (secondary N) is 1. The number of aromatic nitrogens is 1. The second-order valence-corrected chi connectivity index (χ2v) is 16.0. The lowest BCUT2D eigenvalue weighted by molar-refractivity contribution is -0.134. The number of likely N-dealkylation sites (tertiary alicyclic amines) is 1. The average molecular weight is 790 g/mol. The Balaban J connectivity index is 1.09. The van der Waals surface area contributed by atoms with E-state index in [4.69, 9.17) is 25.8 Å². The van der Waals surface area contributed by atoms with Crippen molar-refractivity contribution in [3.8, 4) is 17.2 Å². The molecule has 1 saturated heterocycles. The highest BCUT2D eigenvalue weighted by Gasteiger charge is 2.61. The van der Waals surface area contributed by atoms with Crippen LogP contribution in [0.5, 0.6) is 17.2 Å². The van der Waals surface area contributed by atoms with Crippen LogP contribution in [-0.2, 0) is 20.9 Å². The van der Waals surface area contributed by atoms with Gasteiger partial charge in [0.1, 0.15) is 22.1 Å². The van der Waals surface area contributed by atoms with E-state index < -0.39 is 40.7 Å². The van der Waals surface area contributed by atoms with Gasteiger partial charge in [-0.1, -0.05) is 36.7 Å². The smallest absolute Gasteiger partial charge is 0.250 e. The van der Waals surface area contributed by atoms with Crippen LogP contribution in [0, 0.1) is 11.8 Å². The summed E-state index contributed by atoms with van der Waals surface area (Å²) in [5, 5.41) is 15.1. The number of amides is 2. The number of Topliss-reactive ketones (excluding diaryl/α,β-unsaturated/α-hetero) is 2. The highest BCUT2D eigenvalue weighted by molar-refractivity contribution is 7.98. The molecule has 1 spiro atoms. The molecule has 2 N–H and O–H groups in total. The number of nitrogens with zero attached hydrogens (tertiary/aromatic N) is 2. The first kappa shape index (κ1) is 38.5. The number of carbonyl (C=O) groups is 4. The van der Waals surface area contributed by atoms with E-state index in [1.54, 1.807) is 31.2 Å². The lowest BCUT2D eigenvalue weighted by Crippen LogP contribution is -2.53. The number of aliphatic hydroxyl groups excluding tert-OH is 1. The molecule has 1 aromatic heterocycles. The van der Waals surface area contributed by atoms with E-state index in [1.165, 1.54) is 32.0 Å². The summed E-state index contributed by atoms with van der Waals surface area (Å²) in [5.74, 6) is -3.03. The standard InChI is InChI=1S/C41H44ClN3O9S/c1-22-15-29(46)35(39(50)41(22)40(51)36-30(52-2)18-31(53-3)37(42)38(36)54-41)27(24-10-12-26(55-4)13-11-24)17-32(47)43-14-6-9-33(48)44-19-23-16-25(21-44)28-7-5-8-34(49)45(28)20-23/h5,7-8,10-13,18,22-23,25,27,50H,6,9,14-17,19-21H2,1-4H3,(H,43,47)/t22-,23-,25+,27?,41+/m1/s1. The number of allylic oxidation sites excluding steroid dienone is 1. The molecule has 0 saturated carbocycles. The average Bonchev–Trinajstić information content (AvgIpc) is 3.50. The van der Waals surface area contributed by atoms with Gasteiger partial charge in [0.2, 0.25) is 23.2 Å². The zero-order valence-electron chi connectivity index (χ0n) is 31.2. The Morgan fingerprint density at radius 2 is 1.82 bits per heavy atom. The van der Waals surface area contributed by atoms with Gasteiger partial charge < -0.3 is 34.1 Å². The van der Waals surface area contributed by atoms with Crippen molar-refractivity contribution >= 4 is 46.7 Å². The van der Waals surface area contributed by atoms with Crippen LogP contribution >= 0.6 is 23.4 Å². The van der Waals surface area contributed by atoms with Crippen molar-refractivity contribution in [2.24, 2.45) is 11.8 Å². The van der Waals surface area contributed by atoms with E-state index in [0.29, 0.717) is 31.6 Å². The SMILES string of the molecule is COc1cc(OC)c2c(c1Cl)O[C@]1(C2=O)C(O)=C(C(CC(=O)NCCCC(=O)N2C[C@H]3C[C@@H](C2)c2cccc(=O)n2C3)c2ccc(SC)cc2)C(=O)C[C@H]1C. The molecular weight excluding hydrogens is 746 g/mol. The number of halogens is 1. The summed E-state index contributed by atoms with van der Waals surface area (Å²) in [7, 11) is 2.80. The molecule has 2 bridgehead atoms. The molecule has 1 unspecified atom stereocenters. The third-order valence-electron chi connectivity index (χ3n) is 11.5. The summed E-state index contributed by atoms with van der Waals surface area (Å²) >= 11 is 8.16. The quantitative estimate of drug-likeness (QED) is 0.183. The lowest BCUT2D eigenvalue weighted by atomic mass is 9.69. The molecule has 55 heavy (non-hydrogen) atoms. The Morgan fingerprint density at radius 1 is 1.07 bits per heavy atom. The number of methoxy groups -OCH3 is 2. The lowest BCUT2D eigenvalue weighted by Gasteiger charge is -2.42. The Hall–Kier alpha value is -4.75. The first-order chi connectivity index (χ1) is 26.4. The Morgan fingerprint density at radius 3 is 2.53 bits per heavy atom. The maximum absolute atomic E-state index is 14.4. The fourth-order valence-corrected chi connectivity index (χ4v) is 9.42. The van der Waals surface area contributed by atoms with Crippen molar-refractivity contribution in [2.75, 3.05) is 40.1 Å². The Bertz CT molecular complexity index is 2150. The van der Waals surface area contributed by atoms with Gasteiger partial charge in [-0.2, -0.15) is 0 Å². The third kappa shape index (κ3) is 6.79. The number of hydrogen-bond acceptors (Lipinski definition) is 10. The predicted molar refractivity (Wildman–Crippen MR) is 207 cm³/mol. The normalized spacial score (nSPS) is 23.2. The second kappa shape index (κ2) is 15.4. The van der Waals surface area contributed by atoms with Crippen LogP contribution < -0.4 is 25.1 Å². The van der Waals surface area contributed by atoms with Gasteiger partial charge in [-0.05, 0) is 48.8 Å². The molecule has 0 radical (unpaired) electrons. The van der Waals surface area contributed by atoms with E-state index in [1.807, 2.05) is 33.9 Å². The van der Waals surface area contributed by atoms with E-state index in [9.17, 15) is 29.1 Å². The number of rotatable bonds is 11. The number of fused-ring (bicyclic) bond motifs is 5. The van der Waals surface area contributed by atoms with Crippen LogP contribution in [0.1, 0.15) is 72.5 Å². The van der Waals surface area contributed by atoms with Crippen LogP contribution in [0.25, 0.3) is 0 Å². The monoisotopic (exact) mass is 789 g/mol. The number of carbonyl (C=O) groups excluding carboxylic acids is 4. The van der Waals surface area contributed by atoms with Gasteiger partial charge in [-0.3, -0.25) is 24.0 Å². The van der Waals surface area contributed by atoms with Crippen molar-refractivity contribution < 1.29 is 38.5 Å². The summed E-state index contributed by atoms with van der Waals surface area (Å²) in [6, 6.07) is 14.1. The number of ketones is 2. The summed E-state index contributed by atoms with van der Waals surface area (Å²) in [6.45, 7) is 3.62. The number of benzene rings is 2. The predicted octanol–water partition coefficient (Wildman–Crippen LogP) is 5.69. The van der Waals surface area contributed by atoms with Gasteiger partial charge in [0, 0.05) is 91.5 Å². The topological polar surface area (TPSA) is 153 Å². The van der Waals surface area contributed by atoms with Gasteiger partial charge in [0.25, 0.3) is 5.56 Å². The van der Waals surface area contributed by atoms with Crippen LogP contribution in [-0.4, -0.2) is 83.7 Å².